The first-order valence-corrected chi connectivity index (χ1v) is 10.2. The molecule has 0 amide bonds. The van der Waals surface area contributed by atoms with Gasteiger partial charge in [0.2, 0.25) is 0 Å². The number of hydrogen-bond donors (Lipinski definition) is 0. The number of carbonyl (C=O) groups excluding carboxylic acids is 2. The molecule has 0 spiro atoms. The van der Waals surface area contributed by atoms with Gasteiger partial charge in [-0.2, -0.15) is 0 Å². The van der Waals surface area contributed by atoms with E-state index in [0.717, 1.165) is 50.8 Å². The number of aromatic nitrogens is 1. The first-order valence-electron chi connectivity index (χ1n) is 10.2. The van der Waals surface area contributed by atoms with E-state index in [2.05, 4.69) is 59.2 Å². The van der Waals surface area contributed by atoms with Crippen molar-refractivity contribution >= 4 is 55.9 Å². The molecule has 146 valence electrons. The van der Waals surface area contributed by atoms with Crippen LogP contribution in [0.1, 0.15) is 20.7 Å². The summed E-state index contributed by atoms with van der Waals surface area (Å²) in [6.45, 7) is 0. The number of aldehydes is 2. The maximum atomic E-state index is 11.5. The van der Waals surface area contributed by atoms with Crippen LogP contribution in [-0.4, -0.2) is 17.1 Å². The summed E-state index contributed by atoms with van der Waals surface area (Å²) >= 11 is 0. The van der Waals surface area contributed by atoms with Crippen molar-refractivity contribution in [2.45, 2.75) is 0 Å². The van der Waals surface area contributed by atoms with Crippen molar-refractivity contribution < 1.29 is 9.59 Å². The summed E-state index contributed by atoms with van der Waals surface area (Å²) in [5.41, 5.74) is 4.35. The fourth-order valence-corrected chi connectivity index (χ4v) is 4.68. The Bertz CT molecular complexity index is 1550. The fraction of sp³-hybridized carbons (Fsp3) is 0. The van der Waals surface area contributed by atoms with E-state index in [0.29, 0.717) is 11.1 Å². The summed E-state index contributed by atoms with van der Waals surface area (Å²) < 4.78 is 2.26. The molecule has 1 heterocycles. The minimum atomic E-state index is 0.617. The van der Waals surface area contributed by atoms with Crippen LogP contribution in [0, 0.1) is 0 Å². The van der Waals surface area contributed by atoms with Gasteiger partial charge in [-0.25, -0.2) is 0 Å². The van der Waals surface area contributed by atoms with Crippen molar-refractivity contribution in [3.8, 4) is 5.69 Å². The Morgan fingerprint density at radius 1 is 0.516 bits per heavy atom. The van der Waals surface area contributed by atoms with E-state index in [1.54, 1.807) is 0 Å². The van der Waals surface area contributed by atoms with Gasteiger partial charge in [0.25, 0.3) is 0 Å². The molecule has 5 aromatic carbocycles. The van der Waals surface area contributed by atoms with E-state index in [1.807, 2.05) is 36.4 Å². The zero-order valence-corrected chi connectivity index (χ0v) is 16.6. The van der Waals surface area contributed by atoms with Crippen LogP contribution in [0.4, 0.5) is 0 Å². The summed E-state index contributed by atoms with van der Waals surface area (Å²) in [6, 6.07) is 30.5. The monoisotopic (exact) mass is 399 g/mol. The predicted octanol–water partition coefficient (Wildman–Crippen LogP) is 6.72. The Morgan fingerprint density at radius 3 is 1.48 bits per heavy atom. The van der Waals surface area contributed by atoms with E-state index < -0.39 is 0 Å². The molecule has 0 aliphatic heterocycles. The Kier molecular flexibility index (Phi) is 3.77. The van der Waals surface area contributed by atoms with Gasteiger partial charge in [0.05, 0.1) is 16.7 Å². The second kappa shape index (κ2) is 6.64. The maximum absolute atomic E-state index is 11.5. The summed E-state index contributed by atoms with van der Waals surface area (Å²) in [5, 5.41) is 6.55. The molecule has 0 atom stereocenters. The first-order chi connectivity index (χ1) is 15.3. The summed E-state index contributed by atoms with van der Waals surface area (Å²) in [5.74, 6) is 0. The van der Waals surface area contributed by atoms with Gasteiger partial charge in [-0.05, 0) is 53.2 Å². The van der Waals surface area contributed by atoms with Crippen molar-refractivity contribution in [3.63, 3.8) is 0 Å². The summed E-state index contributed by atoms with van der Waals surface area (Å²) in [7, 11) is 0. The minimum Gasteiger partial charge on any atom is -0.308 e. The molecule has 0 N–H and O–H groups in total. The van der Waals surface area contributed by atoms with E-state index in [-0.39, 0.29) is 0 Å². The standard InChI is InChI=1S/C28H17NO2/c30-16-18-9-11-26-24(13-18)25-14-19(17-31)10-12-27(25)29(26)28-22-7-3-1-5-20(22)15-21-6-2-4-8-23(21)28/h1-17H. The van der Waals surface area contributed by atoms with Crippen LogP contribution in [-0.2, 0) is 0 Å². The minimum absolute atomic E-state index is 0.617. The largest absolute Gasteiger partial charge is 0.308 e. The third-order valence-electron chi connectivity index (χ3n) is 6.05. The van der Waals surface area contributed by atoms with E-state index in [4.69, 9.17) is 0 Å². The Morgan fingerprint density at radius 2 is 1.00 bits per heavy atom. The second-order valence-electron chi connectivity index (χ2n) is 7.79. The normalized spacial score (nSPS) is 11.5. The van der Waals surface area contributed by atoms with Gasteiger partial charge in [0.15, 0.2) is 0 Å². The number of hydrogen-bond acceptors (Lipinski definition) is 2. The van der Waals surface area contributed by atoms with Crippen LogP contribution in [0.25, 0.3) is 49.0 Å². The van der Waals surface area contributed by atoms with Gasteiger partial charge in [-0.15, -0.1) is 0 Å². The van der Waals surface area contributed by atoms with Gasteiger partial charge in [0, 0.05) is 32.7 Å². The molecule has 0 bridgehead atoms. The number of benzene rings is 5. The molecule has 0 fully saturated rings. The van der Waals surface area contributed by atoms with Gasteiger partial charge in [-0.1, -0.05) is 48.5 Å². The molecule has 6 aromatic rings. The quantitative estimate of drug-likeness (QED) is 0.245. The number of fused-ring (bicyclic) bond motifs is 5. The first kappa shape index (κ1) is 17.6. The van der Waals surface area contributed by atoms with Crippen molar-refractivity contribution in [2.24, 2.45) is 0 Å². The Hall–Kier alpha value is -4.24. The lowest BCUT2D eigenvalue weighted by Gasteiger charge is -2.15. The smallest absolute Gasteiger partial charge is 0.150 e. The van der Waals surface area contributed by atoms with Crippen LogP contribution < -0.4 is 0 Å². The number of rotatable bonds is 3. The highest BCUT2D eigenvalue weighted by molar-refractivity contribution is 6.16. The van der Waals surface area contributed by atoms with Crippen LogP contribution >= 0.6 is 0 Å². The van der Waals surface area contributed by atoms with Gasteiger partial charge < -0.3 is 4.57 Å². The van der Waals surface area contributed by atoms with Gasteiger partial charge >= 0.3 is 0 Å². The summed E-state index contributed by atoms with van der Waals surface area (Å²) in [6.07, 6.45) is 1.72. The lowest BCUT2D eigenvalue weighted by Crippen LogP contribution is -1.97. The molecule has 0 unspecified atom stereocenters. The molecular weight excluding hydrogens is 382 g/mol. The van der Waals surface area contributed by atoms with Gasteiger partial charge in [-0.3, -0.25) is 9.59 Å². The van der Waals surface area contributed by atoms with Crippen molar-refractivity contribution in [3.05, 3.63) is 102 Å². The van der Waals surface area contributed by atoms with E-state index in [1.165, 1.54) is 10.8 Å². The summed E-state index contributed by atoms with van der Waals surface area (Å²) in [4.78, 5) is 22.9. The molecule has 3 nitrogen and oxygen atoms in total. The SMILES string of the molecule is O=Cc1ccc2c(c1)c1cc(C=O)ccc1n2-c1c2ccccc2cc2ccccc12. The van der Waals surface area contributed by atoms with E-state index >= 15 is 0 Å². The molecule has 0 aliphatic rings. The molecule has 0 saturated heterocycles. The zero-order chi connectivity index (χ0) is 20.9. The number of carbonyl (C=O) groups is 2. The van der Waals surface area contributed by atoms with Crippen molar-refractivity contribution in [1.82, 2.24) is 4.57 Å². The molecule has 31 heavy (non-hydrogen) atoms. The van der Waals surface area contributed by atoms with Crippen molar-refractivity contribution in [1.29, 1.82) is 0 Å². The predicted molar refractivity (Wildman–Crippen MR) is 127 cm³/mol. The highest BCUT2D eigenvalue weighted by Gasteiger charge is 2.17. The maximum Gasteiger partial charge on any atom is 0.150 e. The van der Waals surface area contributed by atoms with E-state index in [9.17, 15) is 9.59 Å². The zero-order valence-electron chi connectivity index (χ0n) is 16.6. The second-order valence-corrected chi connectivity index (χ2v) is 7.79. The fourth-order valence-electron chi connectivity index (χ4n) is 4.68. The Balaban J connectivity index is 1.89. The van der Waals surface area contributed by atoms with Crippen LogP contribution in [0.15, 0.2) is 91.0 Å². The van der Waals surface area contributed by atoms with Crippen LogP contribution in [0.3, 0.4) is 0 Å². The topological polar surface area (TPSA) is 39.1 Å². The highest BCUT2D eigenvalue weighted by Crippen LogP contribution is 2.39. The Labute approximate surface area is 178 Å². The molecule has 0 aliphatic carbocycles. The average molecular weight is 399 g/mol. The molecular formula is C28H17NO2. The van der Waals surface area contributed by atoms with Gasteiger partial charge in [0.1, 0.15) is 12.6 Å². The molecule has 6 rings (SSSR count). The average Bonchev–Trinajstić information content (AvgIpc) is 3.15. The third-order valence-corrected chi connectivity index (χ3v) is 6.05. The van der Waals surface area contributed by atoms with Crippen molar-refractivity contribution in [2.75, 3.05) is 0 Å². The molecule has 3 heteroatoms. The molecule has 0 radical (unpaired) electrons. The van der Waals surface area contributed by atoms with Crippen LogP contribution in [0.5, 0.6) is 0 Å². The van der Waals surface area contributed by atoms with Crippen LogP contribution in [0.2, 0.25) is 0 Å². The number of nitrogens with zero attached hydrogens (tertiary/aromatic N) is 1. The lowest BCUT2D eigenvalue weighted by molar-refractivity contribution is 0.111. The third kappa shape index (κ3) is 2.53. The molecule has 1 aromatic heterocycles. The lowest BCUT2D eigenvalue weighted by atomic mass is 10.0. The highest BCUT2D eigenvalue weighted by atomic mass is 16.1. The molecule has 0 saturated carbocycles.